The molecule has 0 aliphatic rings. The summed E-state index contributed by atoms with van der Waals surface area (Å²) in [5.41, 5.74) is 1.11. The van der Waals surface area contributed by atoms with Gasteiger partial charge in [0.05, 0.1) is 4.90 Å². The van der Waals surface area contributed by atoms with Gasteiger partial charge in [-0.25, -0.2) is 0 Å². The van der Waals surface area contributed by atoms with Gasteiger partial charge in [-0.3, -0.25) is 4.55 Å². The summed E-state index contributed by atoms with van der Waals surface area (Å²) in [6, 6.07) is 11.2. The van der Waals surface area contributed by atoms with E-state index in [1.165, 1.54) is 50.7 Å². The van der Waals surface area contributed by atoms with Gasteiger partial charge in [0, 0.05) is 0 Å². The fourth-order valence-electron chi connectivity index (χ4n) is 2.96. The Bertz CT molecular complexity index is 836. The van der Waals surface area contributed by atoms with Crippen LogP contribution in [0.4, 0.5) is 0 Å². The summed E-state index contributed by atoms with van der Waals surface area (Å²) in [7, 11) is -4.57. The van der Waals surface area contributed by atoms with Crippen molar-refractivity contribution < 1.29 is 52.4 Å². The second-order valence-corrected chi connectivity index (χ2v) is 8.07. The monoisotopic (exact) mass is 414 g/mol. The molecular weight excluding hydrogens is 387 g/mol. The minimum Gasteiger partial charge on any atom is -0.869 e. The van der Waals surface area contributed by atoms with E-state index < -0.39 is 20.8 Å². The van der Waals surface area contributed by atoms with Gasteiger partial charge in [0.1, 0.15) is 11.5 Å². The van der Waals surface area contributed by atoms with E-state index in [1.54, 1.807) is 6.07 Å². The SMILES string of the molecule is CCCCCCCCCc1cccc(Oc2cccc(S(=O)(=O)O)c2[O-])c1.[Na+]. The number of unbranched alkanes of at least 4 members (excludes halogenated alkanes) is 6. The molecule has 0 bridgehead atoms. The standard InChI is InChI=1S/C21H28O5S.Na/c1-2-3-4-5-6-7-8-11-17-12-9-13-18(16-17)26-19-14-10-15-20(21(19)22)27(23,24)25;/h9-10,12-16,22H,2-8,11H2,1H3,(H,23,24,25);/q;+1/p-1. The molecule has 0 unspecified atom stereocenters. The van der Waals surface area contributed by atoms with Gasteiger partial charge in [-0.15, -0.1) is 0 Å². The normalized spacial score (nSPS) is 11.1. The second-order valence-electron chi connectivity index (χ2n) is 6.68. The molecule has 0 saturated heterocycles. The molecule has 2 aromatic carbocycles. The average Bonchev–Trinajstić information content (AvgIpc) is 2.62. The number of hydrogen-bond acceptors (Lipinski definition) is 4. The maximum absolute atomic E-state index is 12.2. The third kappa shape index (κ3) is 8.13. The Morgan fingerprint density at radius 3 is 2.29 bits per heavy atom. The zero-order chi connectivity index (χ0) is 19.7. The Balaban J connectivity index is 0.00000392. The van der Waals surface area contributed by atoms with Crippen LogP contribution in [-0.4, -0.2) is 13.0 Å². The van der Waals surface area contributed by atoms with Crippen LogP contribution in [0.2, 0.25) is 0 Å². The van der Waals surface area contributed by atoms with E-state index in [0.29, 0.717) is 5.75 Å². The molecule has 0 radical (unpaired) electrons. The van der Waals surface area contributed by atoms with Crippen molar-refractivity contribution in [3.05, 3.63) is 48.0 Å². The van der Waals surface area contributed by atoms with Gasteiger partial charge < -0.3 is 9.84 Å². The number of rotatable bonds is 11. The molecule has 28 heavy (non-hydrogen) atoms. The summed E-state index contributed by atoms with van der Waals surface area (Å²) in [6.45, 7) is 2.21. The second kappa shape index (κ2) is 12.5. The third-order valence-corrected chi connectivity index (χ3v) is 5.29. The summed E-state index contributed by atoms with van der Waals surface area (Å²) in [5, 5.41) is 12.2. The molecule has 0 atom stereocenters. The maximum Gasteiger partial charge on any atom is 1.00 e. The molecule has 1 N–H and O–H groups in total. The van der Waals surface area contributed by atoms with Crippen LogP contribution >= 0.6 is 0 Å². The van der Waals surface area contributed by atoms with Crippen molar-refractivity contribution in [1.82, 2.24) is 0 Å². The number of para-hydroxylation sites is 1. The minimum atomic E-state index is -4.57. The van der Waals surface area contributed by atoms with Crippen LogP contribution in [0.15, 0.2) is 47.4 Å². The van der Waals surface area contributed by atoms with Crippen LogP contribution < -0.4 is 39.4 Å². The zero-order valence-corrected chi connectivity index (χ0v) is 19.5. The Kier molecular flexibility index (Phi) is 11.2. The van der Waals surface area contributed by atoms with Gasteiger partial charge in [0.2, 0.25) is 0 Å². The molecule has 2 aromatic rings. The number of benzene rings is 2. The summed E-state index contributed by atoms with van der Waals surface area (Å²) in [4.78, 5) is -0.681. The Morgan fingerprint density at radius 1 is 0.964 bits per heavy atom. The molecule has 0 spiro atoms. The van der Waals surface area contributed by atoms with E-state index in [4.69, 9.17) is 9.29 Å². The van der Waals surface area contributed by atoms with Gasteiger partial charge in [-0.1, -0.05) is 63.6 Å². The minimum absolute atomic E-state index is 0. The van der Waals surface area contributed by atoms with E-state index in [-0.39, 0.29) is 35.3 Å². The molecule has 2 rings (SSSR count). The van der Waals surface area contributed by atoms with E-state index in [2.05, 4.69) is 6.92 Å². The van der Waals surface area contributed by atoms with Crippen LogP contribution in [0, 0.1) is 0 Å². The van der Waals surface area contributed by atoms with Crippen LogP contribution in [0.25, 0.3) is 0 Å². The van der Waals surface area contributed by atoms with Crippen molar-refractivity contribution in [2.75, 3.05) is 0 Å². The largest absolute Gasteiger partial charge is 1.00 e. The van der Waals surface area contributed by atoms with Crippen molar-refractivity contribution in [2.45, 2.75) is 63.2 Å². The number of aryl methyl sites for hydroxylation is 1. The Morgan fingerprint density at radius 2 is 1.61 bits per heavy atom. The van der Waals surface area contributed by atoms with Gasteiger partial charge in [0.15, 0.2) is 0 Å². The van der Waals surface area contributed by atoms with Crippen LogP contribution in [0.5, 0.6) is 17.2 Å². The van der Waals surface area contributed by atoms with Crippen molar-refractivity contribution >= 4 is 10.1 Å². The van der Waals surface area contributed by atoms with Gasteiger partial charge >= 0.3 is 29.6 Å². The Hall–Kier alpha value is -1.05. The van der Waals surface area contributed by atoms with Gasteiger partial charge in [-0.05, 0) is 48.4 Å². The fraction of sp³-hybridized carbons (Fsp3) is 0.429. The third-order valence-electron chi connectivity index (χ3n) is 4.42. The molecule has 0 heterocycles. The fourth-order valence-corrected chi connectivity index (χ4v) is 3.54. The number of hydrogen-bond donors (Lipinski definition) is 1. The Labute approximate surface area is 190 Å². The van der Waals surface area contributed by atoms with Crippen molar-refractivity contribution in [1.29, 1.82) is 0 Å². The first-order chi connectivity index (χ1) is 12.9. The smallest absolute Gasteiger partial charge is 0.869 e. The molecule has 148 valence electrons. The first kappa shape index (κ1) is 25.0. The average molecular weight is 414 g/mol. The predicted octanol–water partition coefficient (Wildman–Crippen LogP) is 2.10. The van der Waals surface area contributed by atoms with Crippen LogP contribution in [-0.2, 0) is 16.5 Å². The zero-order valence-electron chi connectivity index (χ0n) is 16.7. The summed E-state index contributed by atoms with van der Waals surface area (Å²) < 4.78 is 37.2. The van der Waals surface area contributed by atoms with E-state index in [1.807, 2.05) is 18.2 Å². The summed E-state index contributed by atoms with van der Waals surface area (Å²) in [6.07, 6.45) is 9.62. The summed E-state index contributed by atoms with van der Waals surface area (Å²) in [5.74, 6) is -0.504. The van der Waals surface area contributed by atoms with Crippen molar-refractivity contribution in [3.8, 4) is 17.2 Å². The maximum atomic E-state index is 12.2. The topological polar surface area (TPSA) is 86.7 Å². The van der Waals surface area contributed by atoms with E-state index in [9.17, 15) is 13.5 Å². The molecule has 0 aromatic heterocycles. The molecule has 0 fully saturated rings. The van der Waals surface area contributed by atoms with Gasteiger partial charge in [-0.2, -0.15) is 8.42 Å². The molecular formula is C21H27NaO5S. The van der Waals surface area contributed by atoms with Crippen molar-refractivity contribution in [2.24, 2.45) is 0 Å². The first-order valence-corrected chi connectivity index (χ1v) is 10.9. The molecule has 5 nitrogen and oxygen atoms in total. The molecule has 0 aliphatic heterocycles. The van der Waals surface area contributed by atoms with Gasteiger partial charge in [0.25, 0.3) is 10.1 Å². The first-order valence-electron chi connectivity index (χ1n) is 9.46. The molecule has 7 heteroatoms. The van der Waals surface area contributed by atoms with Crippen LogP contribution in [0.1, 0.15) is 57.4 Å². The molecule has 0 aliphatic carbocycles. The molecule has 0 amide bonds. The molecule has 0 saturated carbocycles. The van der Waals surface area contributed by atoms with E-state index >= 15 is 0 Å². The van der Waals surface area contributed by atoms with Crippen LogP contribution in [0.3, 0.4) is 0 Å². The number of ether oxygens (including phenoxy) is 1. The predicted molar refractivity (Wildman–Crippen MR) is 104 cm³/mol. The summed E-state index contributed by atoms with van der Waals surface area (Å²) >= 11 is 0. The quantitative estimate of drug-likeness (QED) is 0.346. The van der Waals surface area contributed by atoms with Crippen molar-refractivity contribution in [3.63, 3.8) is 0 Å². The van der Waals surface area contributed by atoms with E-state index in [0.717, 1.165) is 24.5 Å².